The first kappa shape index (κ1) is 10.2. The third-order valence-corrected chi connectivity index (χ3v) is 2.93. The molecule has 1 heterocycles. The SMILES string of the molecule is O=C(O)C1CCC1NCCn1ccnc1. The number of aromatic nitrogens is 2. The molecule has 2 unspecified atom stereocenters. The molecule has 0 bridgehead atoms. The molecule has 1 aliphatic rings. The fraction of sp³-hybridized carbons (Fsp3) is 0.600. The van der Waals surface area contributed by atoms with Gasteiger partial charge in [0.05, 0.1) is 12.2 Å². The van der Waals surface area contributed by atoms with Gasteiger partial charge in [-0.25, -0.2) is 4.98 Å². The third kappa shape index (κ3) is 2.36. The summed E-state index contributed by atoms with van der Waals surface area (Å²) in [6.07, 6.45) is 7.18. The van der Waals surface area contributed by atoms with Gasteiger partial charge < -0.3 is 15.0 Å². The fourth-order valence-corrected chi connectivity index (χ4v) is 1.84. The molecule has 1 fully saturated rings. The van der Waals surface area contributed by atoms with Gasteiger partial charge in [0.15, 0.2) is 0 Å². The van der Waals surface area contributed by atoms with Crippen LogP contribution in [0.2, 0.25) is 0 Å². The van der Waals surface area contributed by atoms with Gasteiger partial charge in [-0.2, -0.15) is 0 Å². The molecule has 0 aromatic carbocycles. The van der Waals surface area contributed by atoms with Gasteiger partial charge in [0.1, 0.15) is 0 Å². The number of hydrogen-bond acceptors (Lipinski definition) is 3. The Bertz CT molecular complexity index is 323. The van der Waals surface area contributed by atoms with Gasteiger partial charge >= 0.3 is 5.97 Å². The highest BCUT2D eigenvalue weighted by Crippen LogP contribution is 2.27. The predicted octanol–water partition coefficient (Wildman–Crippen LogP) is 0.336. The zero-order valence-corrected chi connectivity index (χ0v) is 8.47. The molecule has 1 saturated carbocycles. The maximum atomic E-state index is 10.7. The van der Waals surface area contributed by atoms with Crippen LogP contribution in [0.4, 0.5) is 0 Å². The van der Waals surface area contributed by atoms with Crippen LogP contribution in [0.5, 0.6) is 0 Å². The average molecular weight is 209 g/mol. The van der Waals surface area contributed by atoms with Crippen LogP contribution in [0.3, 0.4) is 0 Å². The number of hydrogen-bond donors (Lipinski definition) is 2. The molecule has 1 aromatic rings. The molecule has 0 saturated heterocycles. The van der Waals surface area contributed by atoms with E-state index in [4.69, 9.17) is 5.11 Å². The van der Waals surface area contributed by atoms with Crippen molar-refractivity contribution in [3.8, 4) is 0 Å². The number of carbonyl (C=O) groups is 1. The van der Waals surface area contributed by atoms with Crippen molar-refractivity contribution in [1.29, 1.82) is 0 Å². The maximum absolute atomic E-state index is 10.7. The molecule has 5 heteroatoms. The molecule has 2 N–H and O–H groups in total. The average Bonchev–Trinajstić information content (AvgIpc) is 2.61. The number of aliphatic carboxylic acids is 1. The van der Waals surface area contributed by atoms with Gasteiger partial charge in [-0.05, 0) is 12.8 Å². The monoisotopic (exact) mass is 209 g/mol. The van der Waals surface area contributed by atoms with Crippen molar-refractivity contribution in [3.05, 3.63) is 18.7 Å². The second-order valence-electron chi connectivity index (χ2n) is 3.88. The van der Waals surface area contributed by atoms with Crippen molar-refractivity contribution in [2.75, 3.05) is 6.54 Å². The Morgan fingerprint density at radius 3 is 3.00 bits per heavy atom. The minimum Gasteiger partial charge on any atom is -0.481 e. The molecule has 1 aliphatic carbocycles. The first-order valence-electron chi connectivity index (χ1n) is 5.19. The molecule has 1 aromatic heterocycles. The Labute approximate surface area is 88.1 Å². The molecule has 2 atom stereocenters. The summed E-state index contributed by atoms with van der Waals surface area (Å²) >= 11 is 0. The smallest absolute Gasteiger partial charge is 0.308 e. The summed E-state index contributed by atoms with van der Waals surface area (Å²) in [6.45, 7) is 1.63. The lowest BCUT2D eigenvalue weighted by Gasteiger charge is -2.34. The summed E-state index contributed by atoms with van der Waals surface area (Å²) in [6, 6.07) is 0.158. The molecule has 2 rings (SSSR count). The van der Waals surface area contributed by atoms with E-state index < -0.39 is 5.97 Å². The first-order chi connectivity index (χ1) is 7.27. The largest absolute Gasteiger partial charge is 0.481 e. The number of rotatable bonds is 5. The molecule has 5 nitrogen and oxygen atoms in total. The number of carboxylic acid groups (broad SMARTS) is 1. The van der Waals surface area contributed by atoms with Crippen molar-refractivity contribution >= 4 is 5.97 Å². The van der Waals surface area contributed by atoms with E-state index in [9.17, 15) is 4.79 Å². The van der Waals surface area contributed by atoms with Crippen LogP contribution in [0, 0.1) is 5.92 Å². The summed E-state index contributed by atoms with van der Waals surface area (Å²) in [4.78, 5) is 14.7. The Hall–Kier alpha value is -1.36. The van der Waals surface area contributed by atoms with Gasteiger partial charge in [-0.15, -0.1) is 0 Å². The third-order valence-electron chi connectivity index (χ3n) is 2.93. The van der Waals surface area contributed by atoms with E-state index in [-0.39, 0.29) is 12.0 Å². The second-order valence-corrected chi connectivity index (χ2v) is 3.88. The topological polar surface area (TPSA) is 67.2 Å². The van der Waals surface area contributed by atoms with Crippen LogP contribution in [-0.2, 0) is 11.3 Å². The molecular weight excluding hydrogens is 194 g/mol. The van der Waals surface area contributed by atoms with E-state index >= 15 is 0 Å². The molecule has 0 aliphatic heterocycles. The molecule has 0 amide bonds. The number of imidazole rings is 1. The summed E-state index contributed by atoms with van der Waals surface area (Å²) in [7, 11) is 0. The Morgan fingerprint density at radius 2 is 2.47 bits per heavy atom. The fourth-order valence-electron chi connectivity index (χ4n) is 1.84. The minimum absolute atomic E-state index is 0.158. The quantitative estimate of drug-likeness (QED) is 0.733. The number of nitrogens with zero attached hydrogens (tertiary/aromatic N) is 2. The van der Waals surface area contributed by atoms with Gasteiger partial charge in [0.25, 0.3) is 0 Å². The van der Waals surface area contributed by atoms with Crippen molar-refractivity contribution in [2.24, 2.45) is 5.92 Å². The molecule has 0 spiro atoms. The lowest BCUT2D eigenvalue weighted by atomic mass is 9.79. The van der Waals surface area contributed by atoms with Gasteiger partial charge in [-0.1, -0.05) is 0 Å². The zero-order chi connectivity index (χ0) is 10.7. The van der Waals surface area contributed by atoms with E-state index in [2.05, 4.69) is 10.3 Å². The molecule has 82 valence electrons. The van der Waals surface area contributed by atoms with Crippen molar-refractivity contribution in [2.45, 2.75) is 25.4 Å². The Morgan fingerprint density at radius 1 is 1.60 bits per heavy atom. The van der Waals surface area contributed by atoms with Crippen molar-refractivity contribution < 1.29 is 9.90 Å². The van der Waals surface area contributed by atoms with Crippen LogP contribution in [-0.4, -0.2) is 33.2 Å². The number of carboxylic acids is 1. The lowest BCUT2D eigenvalue weighted by Crippen LogP contribution is -2.48. The summed E-state index contributed by atoms with van der Waals surface area (Å²) in [5, 5.41) is 12.1. The van der Waals surface area contributed by atoms with Gasteiger partial charge in [0.2, 0.25) is 0 Å². The van der Waals surface area contributed by atoms with E-state index in [1.807, 2.05) is 10.8 Å². The Kier molecular flexibility index (Phi) is 3.01. The van der Waals surface area contributed by atoms with E-state index in [0.29, 0.717) is 0 Å². The summed E-state index contributed by atoms with van der Waals surface area (Å²) in [5.41, 5.74) is 0. The summed E-state index contributed by atoms with van der Waals surface area (Å²) in [5.74, 6) is -0.867. The van der Waals surface area contributed by atoms with Gasteiger partial charge in [0, 0.05) is 31.5 Å². The van der Waals surface area contributed by atoms with E-state index in [1.165, 1.54) is 0 Å². The zero-order valence-electron chi connectivity index (χ0n) is 8.47. The van der Waals surface area contributed by atoms with Crippen LogP contribution in [0.15, 0.2) is 18.7 Å². The molecule has 15 heavy (non-hydrogen) atoms. The van der Waals surface area contributed by atoms with Crippen LogP contribution in [0.25, 0.3) is 0 Å². The minimum atomic E-state index is -0.679. The van der Waals surface area contributed by atoms with Crippen molar-refractivity contribution in [1.82, 2.24) is 14.9 Å². The highest BCUT2D eigenvalue weighted by molar-refractivity contribution is 5.72. The van der Waals surface area contributed by atoms with Crippen LogP contribution >= 0.6 is 0 Å². The number of nitrogens with one attached hydrogen (secondary N) is 1. The van der Waals surface area contributed by atoms with E-state index in [0.717, 1.165) is 25.9 Å². The highest BCUT2D eigenvalue weighted by Gasteiger charge is 2.35. The van der Waals surface area contributed by atoms with Gasteiger partial charge in [-0.3, -0.25) is 4.79 Å². The highest BCUT2D eigenvalue weighted by atomic mass is 16.4. The normalized spacial score (nSPS) is 24.8. The Balaban J connectivity index is 1.68. The molecule has 0 radical (unpaired) electrons. The molecular formula is C10H15N3O2. The lowest BCUT2D eigenvalue weighted by molar-refractivity contribution is -0.146. The van der Waals surface area contributed by atoms with Crippen molar-refractivity contribution in [3.63, 3.8) is 0 Å². The predicted molar refractivity (Wildman–Crippen MR) is 54.4 cm³/mol. The van der Waals surface area contributed by atoms with Crippen LogP contribution < -0.4 is 5.32 Å². The second kappa shape index (κ2) is 4.44. The first-order valence-corrected chi connectivity index (χ1v) is 5.19. The van der Waals surface area contributed by atoms with Crippen LogP contribution in [0.1, 0.15) is 12.8 Å². The summed E-state index contributed by atoms with van der Waals surface area (Å²) < 4.78 is 1.97. The van der Waals surface area contributed by atoms with E-state index in [1.54, 1.807) is 12.5 Å². The maximum Gasteiger partial charge on any atom is 0.308 e. The standard InChI is InChI=1S/C10H15N3O2/c14-10(15)8-1-2-9(8)12-4-6-13-5-3-11-7-13/h3,5,7-9,12H,1-2,4,6H2,(H,14,15).